The number of carbonyl (C=O) groups is 1. The largest absolute Gasteiger partial charge is 0.333 e. The van der Waals surface area contributed by atoms with Gasteiger partial charge in [0.25, 0.3) is 5.91 Å². The number of nitrogens with two attached hydrogens (primary N) is 1. The molecule has 1 aliphatic heterocycles. The van der Waals surface area contributed by atoms with Crippen LogP contribution in [0.25, 0.3) is 5.69 Å². The minimum atomic E-state index is -0.0104. The molecule has 2 aromatic rings. The molecule has 0 bridgehead atoms. The molecule has 1 fully saturated rings. The summed E-state index contributed by atoms with van der Waals surface area (Å²) in [7, 11) is 0. The maximum Gasteiger partial charge on any atom is 0.274 e. The number of rotatable bonds is 3. The van der Waals surface area contributed by atoms with Crippen LogP contribution in [0.4, 0.5) is 0 Å². The number of aromatic nitrogens is 2. The first kappa shape index (κ1) is 20.9. The standard InChI is InChI=1S/C22H30N4O.ClH/c1-14-10-11-18(15(2)13-14)26-20-9-6-7-17(20)21(24-26)22(27)25-12-5-4-8-19(25)16(3)23;/h10-11,13,16,19H,4-9,12,23H2,1-3H3;1H. The van der Waals surface area contributed by atoms with E-state index in [9.17, 15) is 4.79 Å². The van der Waals surface area contributed by atoms with Crippen LogP contribution in [0.2, 0.25) is 0 Å². The highest BCUT2D eigenvalue weighted by Crippen LogP contribution is 2.31. The predicted molar refractivity (Wildman–Crippen MR) is 115 cm³/mol. The van der Waals surface area contributed by atoms with E-state index in [4.69, 9.17) is 10.8 Å². The number of aryl methyl sites for hydroxylation is 2. The summed E-state index contributed by atoms with van der Waals surface area (Å²) in [6, 6.07) is 6.52. The van der Waals surface area contributed by atoms with Gasteiger partial charge in [-0.25, -0.2) is 4.68 Å². The second-order valence-corrected chi connectivity index (χ2v) is 8.25. The molecule has 2 heterocycles. The van der Waals surface area contributed by atoms with Crippen molar-refractivity contribution in [3.63, 3.8) is 0 Å². The van der Waals surface area contributed by atoms with Crippen LogP contribution in [0.1, 0.15) is 65.5 Å². The smallest absolute Gasteiger partial charge is 0.274 e. The normalized spacial score (nSPS) is 19.9. The molecule has 0 saturated carbocycles. The van der Waals surface area contributed by atoms with Crippen LogP contribution in [0, 0.1) is 13.8 Å². The van der Waals surface area contributed by atoms with Gasteiger partial charge in [-0.2, -0.15) is 5.10 Å². The molecule has 0 spiro atoms. The fourth-order valence-corrected chi connectivity index (χ4v) is 4.74. The van der Waals surface area contributed by atoms with Gasteiger partial charge in [-0.15, -0.1) is 12.4 Å². The number of piperidine rings is 1. The van der Waals surface area contributed by atoms with E-state index in [2.05, 4.69) is 32.0 Å². The van der Waals surface area contributed by atoms with E-state index >= 15 is 0 Å². The molecule has 6 heteroatoms. The number of nitrogens with zero attached hydrogens (tertiary/aromatic N) is 3. The Morgan fingerprint density at radius 3 is 2.71 bits per heavy atom. The summed E-state index contributed by atoms with van der Waals surface area (Å²) in [6.07, 6.45) is 6.20. The molecule has 5 nitrogen and oxygen atoms in total. The fourth-order valence-electron chi connectivity index (χ4n) is 4.74. The van der Waals surface area contributed by atoms with E-state index in [1.54, 1.807) is 0 Å². The van der Waals surface area contributed by atoms with Crippen molar-refractivity contribution in [2.24, 2.45) is 5.73 Å². The number of hydrogen-bond donors (Lipinski definition) is 1. The number of amides is 1. The van der Waals surface area contributed by atoms with Gasteiger partial charge in [-0.05, 0) is 70.9 Å². The van der Waals surface area contributed by atoms with Gasteiger partial charge < -0.3 is 10.6 Å². The van der Waals surface area contributed by atoms with Crippen molar-refractivity contribution >= 4 is 18.3 Å². The third-order valence-electron chi connectivity index (χ3n) is 6.13. The van der Waals surface area contributed by atoms with Crippen molar-refractivity contribution in [3.8, 4) is 5.69 Å². The van der Waals surface area contributed by atoms with Crippen molar-refractivity contribution < 1.29 is 4.79 Å². The Bertz CT molecular complexity index is 874. The van der Waals surface area contributed by atoms with E-state index in [1.165, 1.54) is 16.8 Å². The van der Waals surface area contributed by atoms with Crippen LogP contribution < -0.4 is 5.73 Å². The van der Waals surface area contributed by atoms with Crippen molar-refractivity contribution in [2.75, 3.05) is 6.54 Å². The molecular weight excluding hydrogens is 372 g/mol. The summed E-state index contributed by atoms with van der Waals surface area (Å²) in [5.41, 5.74) is 12.7. The second kappa shape index (κ2) is 8.26. The molecule has 1 saturated heterocycles. The summed E-state index contributed by atoms with van der Waals surface area (Å²) in [5, 5.41) is 4.85. The van der Waals surface area contributed by atoms with Crippen LogP contribution in [0.5, 0.6) is 0 Å². The number of likely N-dealkylation sites (tertiary alicyclic amines) is 1. The highest BCUT2D eigenvalue weighted by Gasteiger charge is 2.35. The monoisotopic (exact) mass is 402 g/mol. The summed E-state index contributed by atoms with van der Waals surface area (Å²) >= 11 is 0. The molecule has 1 aliphatic carbocycles. The third-order valence-corrected chi connectivity index (χ3v) is 6.13. The highest BCUT2D eigenvalue weighted by atomic mass is 35.5. The molecule has 28 heavy (non-hydrogen) atoms. The molecule has 1 aromatic carbocycles. The summed E-state index contributed by atoms with van der Waals surface area (Å²) < 4.78 is 2.02. The molecule has 4 rings (SSSR count). The van der Waals surface area contributed by atoms with Gasteiger partial charge in [-0.1, -0.05) is 17.7 Å². The Labute approximate surface area is 173 Å². The highest BCUT2D eigenvalue weighted by molar-refractivity contribution is 5.94. The minimum absolute atomic E-state index is 0. The SMILES string of the molecule is Cc1ccc(-n2nc(C(=O)N3CCCCC3C(C)N)c3c2CCC3)c(C)c1.Cl. The van der Waals surface area contributed by atoms with Crippen molar-refractivity contribution in [2.45, 2.75) is 71.4 Å². The van der Waals surface area contributed by atoms with Crippen molar-refractivity contribution in [3.05, 3.63) is 46.3 Å². The molecule has 2 aliphatic rings. The Kier molecular flexibility index (Phi) is 6.15. The van der Waals surface area contributed by atoms with Gasteiger partial charge in [0.05, 0.1) is 5.69 Å². The molecule has 2 N–H and O–H groups in total. The van der Waals surface area contributed by atoms with E-state index in [0.717, 1.165) is 56.3 Å². The van der Waals surface area contributed by atoms with Gasteiger partial charge in [0, 0.05) is 29.9 Å². The van der Waals surface area contributed by atoms with E-state index in [-0.39, 0.29) is 30.4 Å². The average molecular weight is 403 g/mol. The zero-order chi connectivity index (χ0) is 19.1. The van der Waals surface area contributed by atoms with E-state index < -0.39 is 0 Å². The van der Waals surface area contributed by atoms with E-state index in [0.29, 0.717) is 5.69 Å². The lowest BCUT2D eigenvalue weighted by molar-refractivity contribution is 0.0576. The average Bonchev–Trinajstić information content (AvgIpc) is 3.24. The van der Waals surface area contributed by atoms with E-state index in [1.807, 2.05) is 16.5 Å². The predicted octanol–water partition coefficient (Wildman–Crippen LogP) is 3.74. The van der Waals surface area contributed by atoms with Crippen molar-refractivity contribution in [1.29, 1.82) is 0 Å². The molecule has 2 unspecified atom stereocenters. The number of carbonyl (C=O) groups excluding carboxylic acids is 1. The first-order chi connectivity index (χ1) is 13.0. The lowest BCUT2D eigenvalue weighted by atomic mass is 9.96. The lowest BCUT2D eigenvalue weighted by Crippen LogP contribution is -2.51. The van der Waals surface area contributed by atoms with Gasteiger partial charge in [0.1, 0.15) is 0 Å². The number of halogens is 1. The molecule has 2 atom stereocenters. The van der Waals surface area contributed by atoms with Gasteiger partial charge in [-0.3, -0.25) is 4.79 Å². The Morgan fingerprint density at radius 1 is 1.21 bits per heavy atom. The maximum atomic E-state index is 13.5. The molecule has 0 radical (unpaired) electrons. The number of benzene rings is 1. The summed E-state index contributed by atoms with van der Waals surface area (Å²) in [5.74, 6) is 0.0682. The third kappa shape index (κ3) is 3.58. The molecule has 152 valence electrons. The number of fused-ring (bicyclic) bond motifs is 1. The van der Waals surface area contributed by atoms with Crippen LogP contribution in [-0.2, 0) is 12.8 Å². The van der Waals surface area contributed by atoms with Crippen molar-refractivity contribution in [1.82, 2.24) is 14.7 Å². The van der Waals surface area contributed by atoms with Crippen LogP contribution in [-0.4, -0.2) is 39.2 Å². The Balaban J connectivity index is 0.00000225. The van der Waals surface area contributed by atoms with Crippen LogP contribution in [0.3, 0.4) is 0 Å². The quantitative estimate of drug-likeness (QED) is 0.850. The second-order valence-electron chi connectivity index (χ2n) is 8.25. The minimum Gasteiger partial charge on any atom is -0.333 e. The zero-order valence-electron chi connectivity index (χ0n) is 17.1. The number of hydrogen-bond acceptors (Lipinski definition) is 3. The van der Waals surface area contributed by atoms with Gasteiger partial charge >= 0.3 is 0 Å². The van der Waals surface area contributed by atoms with Crippen LogP contribution >= 0.6 is 12.4 Å². The fraction of sp³-hybridized carbons (Fsp3) is 0.545. The molecule has 1 amide bonds. The maximum absolute atomic E-state index is 13.5. The van der Waals surface area contributed by atoms with Crippen LogP contribution in [0.15, 0.2) is 18.2 Å². The zero-order valence-corrected chi connectivity index (χ0v) is 17.9. The topological polar surface area (TPSA) is 64.2 Å². The molecule has 1 aromatic heterocycles. The Morgan fingerprint density at radius 2 is 2.00 bits per heavy atom. The van der Waals surface area contributed by atoms with Gasteiger partial charge in [0.15, 0.2) is 5.69 Å². The first-order valence-electron chi connectivity index (χ1n) is 10.2. The lowest BCUT2D eigenvalue weighted by Gasteiger charge is -2.37. The Hall–Kier alpha value is -1.85. The summed E-state index contributed by atoms with van der Waals surface area (Å²) in [4.78, 5) is 15.4. The summed E-state index contributed by atoms with van der Waals surface area (Å²) in [6.45, 7) is 7.01. The first-order valence-corrected chi connectivity index (χ1v) is 10.2. The molecular formula is C22H31ClN4O. The van der Waals surface area contributed by atoms with Gasteiger partial charge in [0.2, 0.25) is 0 Å².